The number of aromatic nitrogens is 1. The zero-order valence-electron chi connectivity index (χ0n) is 9.74. The van der Waals surface area contributed by atoms with Crippen molar-refractivity contribution in [2.75, 3.05) is 0 Å². The number of rotatable bonds is 4. The van der Waals surface area contributed by atoms with Crippen molar-refractivity contribution in [2.45, 2.75) is 13.1 Å². The minimum absolute atomic E-state index is 0.132. The largest absolute Gasteiger partial charge is 0.356 e. The molecule has 2 aromatic rings. The number of benzene rings is 1. The van der Waals surface area contributed by atoms with Crippen LogP contribution in [0.5, 0.6) is 0 Å². The molecule has 0 bridgehead atoms. The molecule has 4 nitrogen and oxygen atoms in total. The van der Waals surface area contributed by atoms with E-state index in [0.29, 0.717) is 18.8 Å². The maximum absolute atomic E-state index is 11.8. The van der Waals surface area contributed by atoms with Gasteiger partial charge in [-0.25, -0.2) is 0 Å². The van der Waals surface area contributed by atoms with E-state index >= 15 is 0 Å². The van der Waals surface area contributed by atoms with Gasteiger partial charge in [-0.1, -0.05) is 24.3 Å². The van der Waals surface area contributed by atoms with Crippen molar-refractivity contribution < 1.29 is 4.79 Å². The molecule has 0 atom stereocenters. The van der Waals surface area contributed by atoms with Gasteiger partial charge in [0.05, 0.1) is 0 Å². The number of hydrogen-bond acceptors (Lipinski definition) is 2. The van der Waals surface area contributed by atoms with Crippen LogP contribution >= 0.6 is 15.9 Å². The number of H-pyrrole nitrogens is 1. The van der Waals surface area contributed by atoms with Crippen LogP contribution in [-0.4, -0.2) is 10.9 Å². The van der Waals surface area contributed by atoms with E-state index in [1.807, 2.05) is 24.3 Å². The minimum atomic E-state index is -0.132. The number of nitrogens with two attached hydrogens (primary N) is 1. The topological polar surface area (TPSA) is 70.9 Å². The molecular formula is C13H14BrN3O. The molecule has 94 valence electrons. The van der Waals surface area contributed by atoms with Gasteiger partial charge >= 0.3 is 0 Å². The molecule has 4 N–H and O–H groups in total. The fourth-order valence-electron chi connectivity index (χ4n) is 1.70. The minimum Gasteiger partial charge on any atom is -0.356 e. The lowest BCUT2D eigenvalue weighted by Gasteiger charge is -2.08. The zero-order valence-corrected chi connectivity index (χ0v) is 11.3. The van der Waals surface area contributed by atoms with Crippen LogP contribution in [0.4, 0.5) is 0 Å². The van der Waals surface area contributed by atoms with Crippen molar-refractivity contribution in [1.82, 2.24) is 10.3 Å². The van der Waals surface area contributed by atoms with Gasteiger partial charge in [0.25, 0.3) is 5.91 Å². The molecule has 5 heteroatoms. The number of nitrogens with one attached hydrogen (secondary N) is 2. The third-order valence-electron chi connectivity index (χ3n) is 2.67. The second-order valence-corrected chi connectivity index (χ2v) is 4.80. The fourth-order valence-corrected chi connectivity index (χ4v) is 2.04. The summed E-state index contributed by atoms with van der Waals surface area (Å²) in [5, 5.41) is 2.86. The van der Waals surface area contributed by atoms with Gasteiger partial charge in [-0.3, -0.25) is 4.79 Å². The van der Waals surface area contributed by atoms with Gasteiger partial charge in [-0.15, -0.1) is 0 Å². The molecule has 18 heavy (non-hydrogen) atoms. The summed E-state index contributed by atoms with van der Waals surface area (Å²) >= 11 is 3.29. The summed E-state index contributed by atoms with van der Waals surface area (Å²) in [4.78, 5) is 14.7. The third kappa shape index (κ3) is 3.00. The van der Waals surface area contributed by atoms with E-state index in [1.165, 1.54) is 0 Å². The summed E-state index contributed by atoms with van der Waals surface area (Å²) in [6.45, 7) is 0.947. The van der Waals surface area contributed by atoms with Gasteiger partial charge in [0.1, 0.15) is 5.69 Å². The molecular weight excluding hydrogens is 294 g/mol. The van der Waals surface area contributed by atoms with Crippen LogP contribution in [0.25, 0.3) is 0 Å². The normalized spacial score (nSPS) is 10.3. The molecule has 0 unspecified atom stereocenters. The van der Waals surface area contributed by atoms with E-state index in [9.17, 15) is 4.79 Å². The summed E-state index contributed by atoms with van der Waals surface area (Å²) < 4.78 is 0.856. The second-order valence-electron chi connectivity index (χ2n) is 3.89. The van der Waals surface area contributed by atoms with Crippen LogP contribution in [0.1, 0.15) is 21.6 Å². The Kier molecular flexibility index (Phi) is 4.17. The van der Waals surface area contributed by atoms with E-state index < -0.39 is 0 Å². The molecule has 0 fully saturated rings. The fraction of sp³-hybridized carbons (Fsp3) is 0.154. The first kappa shape index (κ1) is 12.9. The lowest BCUT2D eigenvalue weighted by molar-refractivity contribution is 0.0946. The first-order valence-corrected chi connectivity index (χ1v) is 6.39. The Morgan fingerprint density at radius 2 is 2.06 bits per heavy atom. The average molecular weight is 308 g/mol. The molecule has 0 saturated carbocycles. The third-order valence-corrected chi connectivity index (χ3v) is 3.13. The molecule has 1 heterocycles. The van der Waals surface area contributed by atoms with Crippen LogP contribution in [0.2, 0.25) is 0 Å². The van der Waals surface area contributed by atoms with Gasteiger partial charge in [0, 0.05) is 23.8 Å². The smallest absolute Gasteiger partial charge is 0.267 e. The Morgan fingerprint density at radius 3 is 2.67 bits per heavy atom. The molecule has 0 aliphatic heterocycles. The maximum atomic E-state index is 11.8. The number of halogens is 1. The lowest BCUT2D eigenvalue weighted by atomic mass is 10.1. The Hall–Kier alpha value is -1.59. The lowest BCUT2D eigenvalue weighted by Crippen LogP contribution is -2.23. The summed E-state index contributed by atoms with van der Waals surface area (Å²) in [6.07, 6.45) is 1.72. The van der Waals surface area contributed by atoms with Gasteiger partial charge in [-0.2, -0.15) is 0 Å². The van der Waals surface area contributed by atoms with Crippen molar-refractivity contribution >= 4 is 21.8 Å². The van der Waals surface area contributed by atoms with Crippen molar-refractivity contribution in [1.29, 1.82) is 0 Å². The Morgan fingerprint density at radius 1 is 1.33 bits per heavy atom. The van der Waals surface area contributed by atoms with E-state index in [4.69, 9.17) is 5.73 Å². The van der Waals surface area contributed by atoms with Crippen molar-refractivity contribution in [2.24, 2.45) is 5.73 Å². The molecule has 0 aliphatic rings. The predicted molar refractivity (Wildman–Crippen MR) is 74.0 cm³/mol. The van der Waals surface area contributed by atoms with Gasteiger partial charge in [0.15, 0.2) is 0 Å². The molecule has 1 amide bonds. The van der Waals surface area contributed by atoms with Crippen LogP contribution in [-0.2, 0) is 13.1 Å². The quantitative estimate of drug-likeness (QED) is 0.810. The first-order valence-electron chi connectivity index (χ1n) is 5.59. The molecule has 1 aromatic heterocycles. The predicted octanol–water partition coefficient (Wildman–Crippen LogP) is 2.17. The van der Waals surface area contributed by atoms with Crippen LogP contribution < -0.4 is 11.1 Å². The molecule has 1 aromatic carbocycles. The Labute approximate surface area is 114 Å². The number of carbonyl (C=O) groups is 1. The number of carbonyl (C=O) groups excluding carboxylic acids is 1. The number of aromatic amines is 1. The van der Waals surface area contributed by atoms with Gasteiger partial charge in [-0.05, 0) is 33.1 Å². The van der Waals surface area contributed by atoms with Crippen LogP contribution in [0.15, 0.2) is 41.0 Å². The van der Waals surface area contributed by atoms with E-state index in [-0.39, 0.29) is 5.91 Å². The molecule has 0 spiro atoms. The zero-order chi connectivity index (χ0) is 13.0. The van der Waals surface area contributed by atoms with Crippen molar-refractivity contribution in [3.05, 3.63) is 57.8 Å². The highest BCUT2D eigenvalue weighted by Gasteiger charge is 2.08. The monoisotopic (exact) mass is 307 g/mol. The molecule has 0 radical (unpaired) electrons. The summed E-state index contributed by atoms with van der Waals surface area (Å²) in [5.74, 6) is -0.132. The Balaban J connectivity index is 2.01. The second kappa shape index (κ2) is 5.84. The Bertz CT molecular complexity index is 551. The van der Waals surface area contributed by atoms with Gasteiger partial charge in [0.2, 0.25) is 0 Å². The summed E-state index contributed by atoms with van der Waals surface area (Å²) in [6, 6.07) is 9.55. The van der Waals surface area contributed by atoms with Gasteiger partial charge < -0.3 is 16.0 Å². The maximum Gasteiger partial charge on any atom is 0.267 e. The number of amides is 1. The van der Waals surface area contributed by atoms with E-state index in [2.05, 4.69) is 26.2 Å². The molecule has 0 saturated heterocycles. The standard InChI is InChI=1S/C13H14BrN3O/c14-11-5-12(16-8-11)13(18)17-7-10-4-2-1-3-9(10)6-15/h1-5,8,16H,6-7,15H2,(H,17,18). The number of hydrogen-bond donors (Lipinski definition) is 3. The van der Waals surface area contributed by atoms with Crippen molar-refractivity contribution in [3.8, 4) is 0 Å². The SMILES string of the molecule is NCc1ccccc1CNC(=O)c1cc(Br)c[nH]1. The summed E-state index contributed by atoms with van der Waals surface area (Å²) in [5.41, 5.74) is 8.27. The van der Waals surface area contributed by atoms with Crippen molar-refractivity contribution in [3.63, 3.8) is 0 Å². The van der Waals surface area contributed by atoms with Crippen LogP contribution in [0, 0.1) is 0 Å². The van der Waals surface area contributed by atoms with E-state index in [1.54, 1.807) is 12.3 Å². The molecule has 2 rings (SSSR count). The average Bonchev–Trinajstić information content (AvgIpc) is 2.83. The van der Waals surface area contributed by atoms with Crippen LogP contribution in [0.3, 0.4) is 0 Å². The van der Waals surface area contributed by atoms with E-state index in [0.717, 1.165) is 15.6 Å². The first-order chi connectivity index (χ1) is 8.70. The highest BCUT2D eigenvalue weighted by atomic mass is 79.9. The highest BCUT2D eigenvalue weighted by Crippen LogP contribution is 2.11. The summed E-state index contributed by atoms with van der Waals surface area (Å²) in [7, 11) is 0. The highest BCUT2D eigenvalue weighted by molar-refractivity contribution is 9.10. The molecule has 0 aliphatic carbocycles.